The summed E-state index contributed by atoms with van der Waals surface area (Å²) in [4.78, 5) is 18.6. The highest BCUT2D eigenvalue weighted by atomic mass is 35.5. The summed E-state index contributed by atoms with van der Waals surface area (Å²) in [6.07, 6.45) is 0.784. The normalized spacial score (nSPS) is 27.2. The van der Waals surface area contributed by atoms with Crippen molar-refractivity contribution in [1.82, 2.24) is 4.98 Å². The van der Waals surface area contributed by atoms with Crippen molar-refractivity contribution in [2.24, 2.45) is 11.3 Å². The first-order chi connectivity index (χ1) is 11.1. The summed E-state index contributed by atoms with van der Waals surface area (Å²) in [5, 5.41) is 11.4. The minimum Gasteiger partial charge on any atom is -0.481 e. The minimum absolute atomic E-state index is 0.108. The molecule has 0 saturated carbocycles. The van der Waals surface area contributed by atoms with Crippen LogP contribution in [-0.2, 0) is 9.53 Å². The number of anilines is 1. The Morgan fingerprint density at radius 3 is 3.04 bits per heavy atom. The smallest absolute Gasteiger partial charge is 0.314 e. The number of halogens is 1. The van der Waals surface area contributed by atoms with Gasteiger partial charge in [-0.05, 0) is 42.7 Å². The van der Waals surface area contributed by atoms with E-state index in [1.807, 2.05) is 30.3 Å². The number of carboxylic acid groups (broad SMARTS) is 1. The fraction of sp³-hybridized carbons (Fsp3) is 0.412. The summed E-state index contributed by atoms with van der Waals surface area (Å²) >= 11 is 6.00. The average molecular weight is 333 g/mol. The molecular weight excluding hydrogens is 316 g/mol. The summed E-state index contributed by atoms with van der Waals surface area (Å²) in [5.41, 5.74) is 0.0527. The molecule has 0 unspecified atom stereocenters. The number of hydrogen-bond acceptors (Lipinski definition) is 4. The highest BCUT2D eigenvalue weighted by molar-refractivity contribution is 6.31. The predicted octanol–water partition coefficient (Wildman–Crippen LogP) is 2.82. The number of benzene rings is 1. The number of ether oxygens (including phenoxy) is 1. The first kappa shape index (κ1) is 14.7. The number of carboxylic acids is 1. The fourth-order valence-corrected chi connectivity index (χ4v) is 3.91. The maximum Gasteiger partial charge on any atom is 0.314 e. The highest BCUT2D eigenvalue weighted by Gasteiger charge is 2.54. The van der Waals surface area contributed by atoms with E-state index >= 15 is 0 Å². The fourth-order valence-electron chi connectivity index (χ4n) is 3.73. The molecule has 2 aliphatic heterocycles. The van der Waals surface area contributed by atoms with Gasteiger partial charge in [-0.15, -0.1) is 0 Å². The van der Waals surface area contributed by atoms with Gasteiger partial charge in [-0.3, -0.25) is 4.79 Å². The Bertz CT molecular complexity index is 782. The lowest BCUT2D eigenvalue weighted by Crippen LogP contribution is -2.46. The summed E-state index contributed by atoms with van der Waals surface area (Å²) in [6, 6.07) is 9.50. The molecule has 0 bridgehead atoms. The zero-order chi connectivity index (χ0) is 16.0. The van der Waals surface area contributed by atoms with Crippen LogP contribution >= 0.6 is 11.6 Å². The quantitative estimate of drug-likeness (QED) is 0.916. The lowest BCUT2D eigenvalue weighted by molar-refractivity contribution is -0.159. The van der Waals surface area contributed by atoms with Gasteiger partial charge in [-0.1, -0.05) is 11.6 Å². The molecular formula is C17H17ClN2O3. The van der Waals surface area contributed by atoms with E-state index in [1.54, 1.807) is 0 Å². The van der Waals surface area contributed by atoms with Gasteiger partial charge in [0, 0.05) is 30.1 Å². The average Bonchev–Trinajstić information content (AvgIpc) is 2.95. The molecule has 2 aliphatic rings. The lowest BCUT2D eigenvalue weighted by Gasteiger charge is -2.33. The standard InChI is InChI=1S/C17H17ClN2O3/c18-13-2-3-14-11(7-13)1-4-15(19-14)20-8-12-5-6-23-10-17(12,9-20)16(21)22/h1-4,7,12H,5-6,8-10H2,(H,21,22)/t12-,17+/m0/s1. The third-order valence-corrected chi connectivity index (χ3v) is 5.29. The van der Waals surface area contributed by atoms with Crippen molar-refractivity contribution < 1.29 is 14.6 Å². The molecule has 120 valence electrons. The summed E-state index contributed by atoms with van der Waals surface area (Å²) in [7, 11) is 0. The highest BCUT2D eigenvalue weighted by Crippen LogP contribution is 2.43. The van der Waals surface area contributed by atoms with Crippen LogP contribution in [0.15, 0.2) is 30.3 Å². The SMILES string of the molecule is O=C(O)[C@]12COCC[C@H]1CN(c1ccc3cc(Cl)ccc3n1)C2. The number of aromatic nitrogens is 1. The molecule has 6 heteroatoms. The van der Waals surface area contributed by atoms with Gasteiger partial charge in [-0.25, -0.2) is 4.98 Å². The third-order valence-electron chi connectivity index (χ3n) is 5.05. The minimum atomic E-state index is -0.811. The predicted molar refractivity (Wildman–Crippen MR) is 88.0 cm³/mol. The van der Waals surface area contributed by atoms with E-state index in [1.165, 1.54) is 0 Å². The number of carbonyl (C=O) groups is 1. The van der Waals surface area contributed by atoms with Crippen molar-refractivity contribution in [2.45, 2.75) is 6.42 Å². The summed E-state index contributed by atoms with van der Waals surface area (Å²) in [5.74, 6) is 0.156. The van der Waals surface area contributed by atoms with Gasteiger partial charge in [0.1, 0.15) is 11.2 Å². The molecule has 0 spiro atoms. The Balaban J connectivity index is 1.69. The molecule has 0 radical (unpaired) electrons. The molecule has 4 rings (SSSR count). The molecule has 5 nitrogen and oxygen atoms in total. The van der Waals surface area contributed by atoms with Crippen molar-refractivity contribution in [3.63, 3.8) is 0 Å². The van der Waals surface area contributed by atoms with E-state index in [0.29, 0.717) is 24.7 Å². The number of fused-ring (bicyclic) bond motifs is 2. The van der Waals surface area contributed by atoms with Gasteiger partial charge < -0.3 is 14.7 Å². The number of pyridine rings is 1. The molecule has 23 heavy (non-hydrogen) atoms. The van der Waals surface area contributed by atoms with Crippen LogP contribution < -0.4 is 4.90 Å². The van der Waals surface area contributed by atoms with Gasteiger partial charge >= 0.3 is 5.97 Å². The third kappa shape index (κ3) is 2.35. The molecule has 3 heterocycles. The van der Waals surface area contributed by atoms with Gasteiger partial charge in [0.05, 0.1) is 12.1 Å². The zero-order valence-corrected chi connectivity index (χ0v) is 13.3. The van der Waals surface area contributed by atoms with E-state index in [4.69, 9.17) is 16.3 Å². The molecule has 1 N–H and O–H groups in total. The monoisotopic (exact) mass is 332 g/mol. The van der Waals surface area contributed by atoms with Crippen LogP contribution in [0.2, 0.25) is 5.02 Å². The van der Waals surface area contributed by atoms with Crippen LogP contribution in [0.5, 0.6) is 0 Å². The molecule has 0 amide bonds. The van der Waals surface area contributed by atoms with E-state index in [9.17, 15) is 9.90 Å². The maximum atomic E-state index is 11.8. The summed E-state index contributed by atoms with van der Waals surface area (Å²) < 4.78 is 5.47. The Hall–Kier alpha value is -1.85. The van der Waals surface area contributed by atoms with Crippen molar-refractivity contribution in [3.8, 4) is 0 Å². The Morgan fingerprint density at radius 2 is 2.26 bits per heavy atom. The number of hydrogen-bond donors (Lipinski definition) is 1. The second-order valence-electron chi connectivity index (χ2n) is 6.39. The van der Waals surface area contributed by atoms with Crippen molar-refractivity contribution in [1.29, 1.82) is 0 Å². The Labute approximate surface area is 138 Å². The van der Waals surface area contributed by atoms with Crippen molar-refractivity contribution in [2.75, 3.05) is 31.2 Å². The first-order valence-electron chi connectivity index (χ1n) is 7.71. The largest absolute Gasteiger partial charge is 0.481 e. The molecule has 1 aromatic heterocycles. The van der Waals surface area contributed by atoms with Gasteiger partial charge in [0.15, 0.2) is 0 Å². The molecule has 2 atom stereocenters. The van der Waals surface area contributed by atoms with Crippen LogP contribution in [0.25, 0.3) is 10.9 Å². The lowest BCUT2D eigenvalue weighted by atomic mass is 9.76. The molecule has 0 aliphatic carbocycles. The van der Waals surface area contributed by atoms with Crippen LogP contribution in [-0.4, -0.2) is 42.4 Å². The van der Waals surface area contributed by atoms with E-state index in [2.05, 4.69) is 9.88 Å². The zero-order valence-electron chi connectivity index (χ0n) is 12.5. The van der Waals surface area contributed by atoms with Crippen LogP contribution in [0.4, 0.5) is 5.82 Å². The maximum absolute atomic E-state index is 11.8. The Morgan fingerprint density at radius 1 is 1.39 bits per heavy atom. The van der Waals surface area contributed by atoms with E-state index in [0.717, 1.165) is 23.1 Å². The molecule has 2 aromatic rings. The number of rotatable bonds is 2. The topological polar surface area (TPSA) is 62.7 Å². The van der Waals surface area contributed by atoms with Crippen molar-refractivity contribution >= 4 is 34.3 Å². The van der Waals surface area contributed by atoms with E-state index in [-0.39, 0.29) is 12.5 Å². The van der Waals surface area contributed by atoms with E-state index < -0.39 is 11.4 Å². The first-order valence-corrected chi connectivity index (χ1v) is 8.09. The number of nitrogens with zero attached hydrogens (tertiary/aromatic N) is 2. The number of aliphatic carboxylic acids is 1. The molecule has 2 saturated heterocycles. The van der Waals surface area contributed by atoms with Gasteiger partial charge in [0.25, 0.3) is 0 Å². The van der Waals surface area contributed by atoms with Crippen LogP contribution in [0.1, 0.15) is 6.42 Å². The van der Waals surface area contributed by atoms with Crippen LogP contribution in [0.3, 0.4) is 0 Å². The van der Waals surface area contributed by atoms with Gasteiger partial charge in [0.2, 0.25) is 0 Å². The second kappa shape index (κ2) is 5.35. The Kier molecular flexibility index (Phi) is 3.43. The summed E-state index contributed by atoms with van der Waals surface area (Å²) in [6.45, 7) is 2.07. The second-order valence-corrected chi connectivity index (χ2v) is 6.82. The molecule has 2 fully saturated rings. The van der Waals surface area contributed by atoms with Crippen LogP contribution in [0, 0.1) is 11.3 Å². The molecule has 1 aromatic carbocycles. The van der Waals surface area contributed by atoms with Gasteiger partial charge in [-0.2, -0.15) is 0 Å². The van der Waals surface area contributed by atoms with Crippen molar-refractivity contribution in [3.05, 3.63) is 35.4 Å².